The molecule has 8 heteroatoms. The molecule has 1 unspecified atom stereocenters. The summed E-state index contributed by atoms with van der Waals surface area (Å²) >= 11 is 7.36. The van der Waals surface area contributed by atoms with Gasteiger partial charge < -0.3 is 5.32 Å². The Hall–Kier alpha value is -2.87. The fourth-order valence-electron chi connectivity index (χ4n) is 3.85. The molecular formula is C27H27ClN2O3S2. The molecule has 0 aliphatic carbocycles. The number of sulfonamides is 1. The number of nitrogens with zero attached hydrogens (tertiary/aromatic N) is 1. The lowest BCUT2D eigenvalue weighted by molar-refractivity contribution is 0.0942. The van der Waals surface area contributed by atoms with Crippen molar-refractivity contribution in [3.8, 4) is 0 Å². The summed E-state index contributed by atoms with van der Waals surface area (Å²) in [6.45, 7) is 2.20. The zero-order valence-corrected chi connectivity index (χ0v) is 22.0. The number of rotatable bonds is 9. The van der Waals surface area contributed by atoms with E-state index in [9.17, 15) is 13.2 Å². The molecule has 35 heavy (non-hydrogen) atoms. The van der Waals surface area contributed by atoms with Crippen LogP contribution in [0.1, 0.15) is 34.1 Å². The standard InChI is InChI=1S/C27H27ClN2O3S2/c1-19(8-9-20-6-4-3-5-7-20)29-27(31)26-17-22-16-24(14-15-25(22)34-26)30(35(2,32)33)18-21-10-12-23(28)13-11-21/h3-7,10-17,19H,8-9,18H2,1-2H3,(H,29,31). The highest BCUT2D eigenvalue weighted by Crippen LogP contribution is 2.31. The Balaban J connectivity index is 1.49. The second-order valence-corrected chi connectivity index (χ2v) is 12.1. The number of amides is 1. The molecule has 1 N–H and O–H groups in total. The zero-order chi connectivity index (χ0) is 25.0. The highest BCUT2D eigenvalue weighted by molar-refractivity contribution is 7.92. The van der Waals surface area contributed by atoms with Gasteiger partial charge in [-0.1, -0.05) is 54.1 Å². The van der Waals surface area contributed by atoms with Crippen LogP contribution < -0.4 is 9.62 Å². The molecule has 182 valence electrons. The minimum Gasteiger partial charge on any atom is -0.349 e. The molecule has 0 spiro atoms. The lowest BCUT2D eigenvalue weighted by Gasteiger charge is -2.22. The molecule has 5 nitrogen and oxygen atoms in total. The van der Waals surface area contributed by atoms with Crippen molar-refractivity contribution in [3.05, 3.63) is 99.9 Å². The van der Waals surface area contributed by atoms with Gasteiger partial charge in [0.05, 0.1) is 23.4 Å². The molecule has 1 amide bonds. The third-order valence-corrected chi connectivity index (χ3v) is 8.25. The van der Waals surface area contributed by atoms with Gasteiger partial charge in [0.2, 0.25) is 10.0 Å². The number of fused-ring (bicyclic) bond motifs is 1. The molecule has 0 aliphatic rings. The van der Waals surface area contributed by atoms with Crippen molar-refractivity contribution in [2.24, 2.45) is 0 Å². The first-order valence-electron chi connectivity index (χ1n) is 11.3. The van der Waals surface area contributed by atoms with Gasteiger partial charge in [-0.15, -0.1) is 11.3 Å². The molecule has 0 saturated heterocycles. The number of halogens is 1. The predicted molar refractivity (Wildman–Crippen MR) is 146 cm³/mol. The Labute approximate surface area is 215 Å². The van der Waals surface area contributed by atoms with Crippen molar-refractivity contribution in [1.82, 2.24) is 5.32 Å². The predicted octanol–water partition coefficient (Wildman–Crippen LogP) is 6.27. The first kappa shape index (κ1) is 25.2. The number of carbonyl (C=O) groups is 1. The van der Waals surface area contributed by atoms with E-state index in [1.165, 1.54) is 27.5 Å². The van der Waals surface area contributed by atoms with Crippen molar-refractivity contribution in [1.29, 1.82) is 0 Å². The van der Waals surface area contributed by atoms with E-state index in [-0.39, 0.29) is 18.5 Å². The quantitative estimate of drug-likeness (QED) is 0.279. The van der Waals surface area contributed by atoms with Crippen molar-refractivity contribution >= 4 is 54.6 Å². The van der Waals surface area contributed by atoms with Gasteiger partial charge in [-0.3, -0.25) is 9.10 Å². The fourth-order valence-corrected chi connectivity index (χ4v) is 5.80. The Morgan fingerprint density at radius 1 is 1.00 bits per heavy atom. The van der Waals surface area contributed by atoms with Gasteiger partial charge in [-0.25, -0.2) is 8.42 Å². The third-order valence-electron chi connectivity index (χ3n) is 5.74. The molecular weight excluding hydrogens is 500 g/mol. The second kappa shape index (κ2) is 10.8. The zero-order valence-electron chi connectivity index (χ0n) is 19.6. The number of hydrogen-bond acceptors (Lipinski definition) is 4. The van der Waals surface area contributed by atoms with E-state index in [1.807, 2.05) is 55.5 Å². The Kier molecular flexibility index (Phi) is 7.79. The topological polar surface area (TPSA) is 66.5 Å². The fraction of sp³-hybridized carbons (Fsp3) is 0.222. The van der Waals surface area contributed by atoms with Crippen LogP contribution in [0.4, 0.5) is 5.69 Å². The summed E-state index contributed by atoms with van der Waals surface area (Å²) in [5.41, 5.74) is 2.63. The van der Waals surface area contributed by atoms with Crippen molar-refractivity contribution in [2.75, 3.05) is 10.6 Å². The second-order valence-electron chi connectivity index (χ2n) is 8.63. The van der Waals surface area contributed by atoms with Crippen LogP contribution in [0.3, 0.4) is 0 Å². The minimum absolute atomic E-state index is 0.0311. The van der Waals surface area contributed by atoms with Gasteiger partial charge in [-0.2, -0.15) is 0 Å². The molecule has 0 fully saturated rings. The van der Waals surface area contributed by atoms with E-state index >= 15 is 0 Å². The van der Waals surface area contributed by atoms with Crippen molar-refractivity contribution in [2.45, 2.75) is 32.4 Å². The van der Waals surface area contributed by atoms with Crippen LogP contribution in [0.25, 0.3) is 10.1 Å². The number of carbonyl (C=O) groups excluding carboxylic acids is 1. The molecule has 1 heterocycles. The van der Waals surface area contributed by atoms with E-state index in [1.54, 1.807) is 18.2 Å². The SMILES string of the molecule is CC(CCc1ccccc1)NC(=O)c1cc2cc(N(Cc3ccc(Cl)cc3)S(C)(=O)=O)ccc2s1. The average Bonchev–Trinajstić information content (AvgIpc) is 3.26. The summed E-state index contributed by atoms with van der Waals surface area (Å²) in [6.07, 6.45) is 2.93. The lowest BCUT2D eigenvalue weighted by atomic mass is 10.1. The van der Waals surface area contributed by atoms with Crippen LogP contribution in [0, 0.1) is 0 Å². The van der Waals surface area contributed by atoms with Gasteiger partial charge >= 0.3 is 0 Å². The number of nitrogens with one attached hydrogen (secondary N) is 1. The third kappa shape index (κ3) is 6.63. The van der Waals surface area contributed by atoms with E-state index in [0.717, 1.165) is 28.5 Å². The number of thiophene rings is 1. The van der Waals surface area contributed by atoms with Crippen molar-refractivity contribution < 1.29 is 13.2 Å². The number of hydrogen-bond donors (Lipinski definition) is 1. The highest BCUT2D eigenvalue weighted by Gasteiger charge is 2.20. The van der Waals surface area contributed by atoms with Gasteiger partial charge in [-0.05, 0) is 72.7 Å². The van der Waals surface area contributed by atoms with Crippen LogP contribution in [0.5, 0.6) is 0 Å². The normalized spacial score (nSPS) is 12.4. The van der Waals surface area contributed by atoms with E-state index in [0.29, 0.717) is 15.6 Å². The summed E-state index contributed by atoms with van der Waals surface area (Å²) < 4.78 is 27.4. The molecule has 1 atom stereocenters. The van der Waals surface area contributed by atoms with E-state index in [4.69, 9.17) is 11.6 Å². The molecule has 4 rings (SSSR count). The first-order chi connectivity index (χ1) is 16.7. The number of anilines is 1. The summed E-state index contributed by atoms with van der Waals surface area (Å²) in [5.74, 6) is -0.116. The maximum Gasteiger partial charge on any atom is 0.261 e. The van der Waals surface area contributed by atoms with E-state index in [2.05, 4.69) is 17.4 Å². The summed E-state index contributed by atoms with van der Waals surface area (Å²) in [5, 5.41) is 4.51. The Morgan fingerprint density at radius 2 is 1.71 bits per heavy atom. The maximum absolute atomic E-state index is 12.9. The summed E-state index contributed by atoms with van der Waals surface area (Å²) in [4.78, 5) is 13.5. The van der Waals surface area contributed by atoms with Crippen LogP contribution >= 0.6 is 22.9 Å². The van der Waals surface area contributed by atoms with Gasteiger partial charge in [0.15, 0.2) is 0 Å². The molecule has 0 saturated carbocycles. The monoisotopic (exact) mass is 526 g/mol. The highest BCUT2D eigenvalue weighted by atomic mass is 35.5. The lowest BCUT2D eigenvalue weighted by Crippen LogP contribution is -2.32. The van der Waals surface area contributed by atoms with Gasteiger partial charge in [0.25, 0.3) is 5.91 Å². The number of benzene rings is 3. The van der Waals surface area contributed by atoms with Crippen LogP contribution in [-0.2, 0) is 23.0 Å². The average molecular weight is 527 g/mol. The Bertz CT molecular complexity index is 1420. The summed E-state index contributed by atoms with van der Waals surface area (Å²) in [7, 11) is -3.53. The Morgan fingerprint density at radius 3 is 2.40 bits per heavy atom. The van der Waals surface area contributed by atoms with E-state index < -0.39 is 10.0 Å². The molecule has 3 aromatic carbocycles. The largest absolute Gasteiger partial charge is 0.349 e. The smallest absolute Gasteiger partial charge is 0.261 e. The maximum atomic E-state index is 12.9. The minimum atomic E-state index is -3.53. The van der Waals surface area contributed by atoms with Crippen LogP contribution in [0.15, 0.2) is 78.9 Å². The van der Waals surface area contributed by atoms with Crippen LogP contribution in [0.2, 0.25) is 5.02 Å². The van der Waals surface area contributed by atoms with Crippen LogP contribution in [-0.4, -0.2) is 26.6 Å². The molecule has 1 aromatic heterocycles. The molecule has 4 aromatic rings. The molecule has 0 bridgehead atoms. The van der Waals surface area contributed by atoms with Gasteiger partial charge in [0.1, 0.15) is 0 Å². The van der Waals surface area contributed by atoms with Gasteiger partial charge in [0, 0.05) is 15.8 Å². The first-order valence-corrected chi connectivity index (χ1v) is 14.3. The van der Waals surface area contributed by atoms with Crippen molar-refractivity contribution in [3.63, 3.8) is 0 Å². The number of aryl methyl sites for hydroxylation is 1. The molecule has 0 aliphatic heterocycles. The molecule has 0 radical (unpaired) electrons. The summed E-state index contributed by atoms with van der Waals surface area (Å²) in [6, 6.07) is 24.6.